The van der Waals surface area contributed by atoms with Crippen LogP contribution >= 0.6 is 0 Å². The number of nitrogens with one attached hydrogen (secondary N) is 2. The molecular weight excluding hydrogens is 250 g/mol. The van der Waals surface area contributed by atoms with Crippen molar-refractivity contribution in [2.45, 2.75) is 19.4 Å². The van der Waals surface area contributed by atoms with Gasteiger partial charge in [0.2, 0.25) is 0 Å². The van der Waals surface area contributed by atoms with Crippen molar-refractivity contribution in [3.05, 3.63) is 29.3 Å². The van der Waals surface area contributed by atoms with Crippen LogP contribution in [0.25, 0.3) is 0 Å². The van der Waals surface area contributed by atoms with E-state index in [1.165, 1.54) is 24.0 Å². The molecule has 0 fully saturated rings. The number of hydrogen-bond acceptors (Lipinski definition) is 3. The van der Waals surface area contributed by atoms with E-state index < -0.39 is 10.2 Å². The van der Waals surface area contributed by atoms with Crippen LogP contribution in [-0.2, 0) is 23.2 Å². The highest BCUT2D eigenvalue weighted by Gasteiger charge is 2.16. The first-order valence-corrected chi connectivity index (χ1v) is 7.46. The molecule has 0 aliphatic carbocycles. The summed E-state index contributed by atoms with van der Waals surface area (Å²) in [5, 5.41) is 3.35. The normalized spacial score (nSPS) is 15.3. The third-order valence-electron chi connectivity index (χ3n) is 3.09. The zero-order valence-electron chi connectivity index (χ0n) is 10.7. The van der Waals surface area contributed by atoms with Gasteiger partial charge in [-0.1, -0.05) is 18.2 Å². The monoisotopic (exact) mass is 269 g/mol. The van der Waals surface area contributed by atoms with Crippen molar-refractivity contribution in [2.24, 2.45) is 0 Å². The fourth-order valence-corrected chi connectivity index (χ4v) is 2.62. The van der Waals surface area contributed by atoms with Crippen molar-refractivity contribution in [3.8, 4) is 0 Å². The van der Waals surface area contributed by atoms with Gasteiger partial charge in [-0.25, -0.2) is 0 Å². The van der Waals surface area contributed by atoms with Gasteiger partial charge < -0.3 is 5.32 Å². The molecule has 1 heterocycles. The van der Waals surface area contributed by atoms with Gasteiger partial charge in [0.05, 0.1) is 0 Å². The summed E-state index contributed by atoms with van der Waals surface area (Å²) < 4.78 is 27.1. The van der Waals surface area contributed by atoms with Gasteiger partial charge in [0.1, 0.15) is 0 Å². The van der Waals surface area contributed by atoms with E-state index in [2.05, 4.69) is 16.1 Å². The smallest absolute Gasteiger partial charge is 0.279 e. The summed E-state index contributed by atoms with van der Waals surface area (Å²) in [5.74, 6) is 0. The molecule has 0 unspecified atom stereocenters. The number of para-hydroxylation sites is 1. The van der Waals surface area contributed by atoms with Crippen molar-refractivity contribution in [3.63, 3.8) is 0 Å². The maximum Gasteiger partial charge on any atom is 0.279 e. The Hall–Kier alpha value is -1.11. The van der Waals surface area contributed by atoms with E-state index in [0.29, 0.717) is 6.54 Å². The first kappa shape index (κ1) is 13.3. The van der Waals surface area contributed by atoms with Gasteiger partial charge >= 0.3 is 0 Å². The predicted molar refractivity (Wildman–Crippen MR) is 72.7 cm³/mol. The van der Waals surface area contributed by atoms with Gasteiger partial charge in [0.25, 0.3) is 10.2 Å². The summed E-state index contributed by atoms with van der Waals surface area (Å²) in [6.45, 7) is 1.27. The molecule has 5 nitrogen and oxygen atoms in total. The Bertz CT molecular complexity index is 526. The molecule has 0 amide bonds. The van der Waals surface area contributed by atoms with Crippen LogP contribution in [-0.4, -0.2) is 33.4 Å². The number of rotatable bonds is 4. The van der Waals surface area contributed by atoms with E-state index in [1.54, 1.807) is 0 Å². The lowest BCUT2D eigenvalue weighted by Crippen LogP contribution is -2.35. The van der Waals surface area contributed by atoms with Crippen molar-refractivity contribution < 1.29 is 8.42 Å². The Morgan fingerprint density at radius 3 is 2.89 bits per heavy atom. The number of benzene rings is 1. The summed E-state index contributed by atoms with van der Waals surface area (Å²) in [4.78, 5) is 0. The molecule has 2 rings (SSSR count). The van der Waals surface area contributed by atoms with Crippen LogP contribution in [0.5, 0.6) is 0 Å². The van der Waals surface area contributed by atoms with Gasteiger partial charge in [-0.05, 0) is 24.0 Å². The van der Waals surface area contributed by atoms with E-state index >= 15 is 0 Å². The topological polar surface area (TPSA) is 61.4 Å². The molecule has 1 aromatic carbocycles. The van der Waals surface area contributed by atoms with E-state index in [1.807, 2.05) is 12.1 Å². The van der Waals surface area contributed by atoms with Crippen LogP contribution < -0.4 is 10.0 Å². The molecule has 0 aromatic heterocycles. The molecule has 18 heavy (non-hydrogen) atoms. The van der Waals surface area contributed by atoms with Gasteiger partial charge in [0, 0.05) is 32.9 Å². The van der Waals surface area contributed by atoms with Crippen LogP contribution in [0, 0.1) is 0 Å². The molecule has 1 aliphatic heterocycles. The highest BCUT2D eigenvalue weighted by Crippen LogP contribution is 2.25. The number of anilines is 1. The Balaban J connectivity index is 2.16. The van der Waals surface area contributed by atoms with Crippen molar-refractivity contribution in [1.29, 1.82) is 0 Å². The van der Waals surface area contributed by atoms with Gasteiger partial charge in [-0.3, -0.25) is 0 Å². The van der Waals surface area contributed by atoms with E-state index in [9.17, 15) is 8.42 Å². The van der Waals surface area contributed by atoms with Crippen LogP contribution in [0.15, 0.2) is 18.2 Å². The maximum atomic E-state index is 11.7. The summed E-state index contributed by atoms with van der Waals surface area (Å²) in [6, 6.07) is 6.02. The maximum absolute atomic E-state index is 11.7. The lowest BCUT2D eigenvalue weighted by atomic mass is 9.99. The van der Waals surface area contributed by atoms with Crippen LogP contribution in [0.2, 0.25) is 0 Å². The minimum Gasteiger partial charge on any atom is -0.385 e. The van der Waals surface area contributed by atoms with Crippen LogP contribution in [0.4, 0.5) is 5.69 Å². The van der Waals surface area contributed by atoms with E-state index in [-0.39, 0.29) is 0 Å². The van der Waals surface area contributed by atoms with Crippen LogP contribution in [0.1, 0.15) is 17.5 Å². The molecule has 0 radical (unpaired) electrons. The zero-order valence-corrected chi connectivity index (χ0v) is 11.5. The quantitative estimate of drug-likeness (QED) is 0.855. The van der Waals surface area contributed by atoms with Gasteiger partial charge in [-0.15, -0.1) is 0 Å². The Morgan fingerprint density at radius 1 is 1.39 bits per heavy atom. The van der Waals surface area contributed by atoms with Crippen molar-refractivity contribution >= 4 is 15.9 Å². The van der Waals surface area contributed by atoms with E-state index in [0.717, 1.165) is 30.6 Å². The lowest BCUT2D eigenvalue weighted by Gasteiger charge is -2.21. The minimum atomic E-state index is -3.37. The standard InChI is InChI=1S/C12H19N3O2S/c1-15(2)18(16,17)14-9-11-6-3-5-10-7-4-8-13-12(10)11/h3,5-6,13-14H,4,7-9H2,1-2H3. The van der Waals surface area contributed by atoms with E-state index in [4.69, 9.17) is 0 Å². The third-order valence-corrected chi connectivity index (χ3v) is 4.56. The Kier molecular flexibility index (Phi) is 3.89. The molecule has 100 valence electrons. The molecule has 1 aliphatic rings. The fraction of sp³-hybridized carbons (Fsp3) is 0.500. The summed E-state index contributed by atoms with van der Waals surface area (Å²) in [7, 11) is -0.338. The molecule has 6 heteroatoms. The molecular formula is C12H19N3O2S. The molecule has 1 aromatic rings. The Labute approximate surface area is 108 Å². The first-order chi connectivity index (χ1) is 8.50. The number of hydrogen-bond donors (Lipinski definition) is 2. The lowest BCUT2D eigenvalue weighted by molar-refractivity contribution is 0.505. The SMILES string of the molecule is CN(C)S(=O)(=O)NCc1cccc2c1NCCC2. The molecule has 0 saturated heterocycles. The summed E-state index contributed by atoms with van der Waals surface area (Å²) in [5.41, 5.74) is 3.35. The van der Waals surface area contributed by atoms with Crippen LogP contribution in [0.3, 0.4) is 0 Å². The number of fused-ring (bicyclic) bond motifs is 1. The van der Waals surface area contributed by atoms with Crippen molar-refractivity contribution in [1.82, 2.24) is 9.03 Å². The molecule has 0 bridgehead atoms. The molecule has 2 N–H and O–H groups in total. The third kappa shape index (κ3) is 2.82. The second-order valence-corrected chi connectivity index (χ2v) is 6.56. The second-order valence-electron chi connectivity index (χ2n) is 4.59. The average Bonchev–Trinajstić information content (AvgIpc) is 2.36. The zero-order chi connectivity index (χ0) is 13.2. The predicted octanol–water partition coefficient (Wildman–Crippen LogP) is 0.941. The van der Waals surface area contributed by atoms with Gasteiger partial charge in [-0.2, -0.15) is 17.4 Å². The molecule has 0 spiro atoms. The first-order valence-electron chi connectivity index (χ1n) is 6.02. The average molecular weight is 269 g/mol. The summed E-state index contributed by atoms with van der Waals surface area (Å²) in [6.07, 6.45) is 2.18. The van der Waals surface area contributed by atoms with Gasteiger partial charge in [0.15, 0.2) is 0 Å². The number of nitrogens with zero attached hydrogens (tertiary/aromatic N) is 1. The second kappa shape index (κ2) is 5.26. The highest BCUT2D eigenvalue weighted by atomic mass is 32.2. The highest BCUT2D eigenvalue weighted by molar-refractivity contribution is 7.87. The fourth-order valence-electron chi connectivity index (χ4n) is 2.03. The Morgan fingerprint density at radius 2 is 2.17 bits per heavy atom. The summed E-state index contributed by atoms with van der Waals surface area (Å²) >= 11 is 0. The molecule has 0 atom stereocenters. The van der Waals surface area contributed by atoms with Crippen molar-refractivity contribution in [2.75, 3.05) is 26.0 Å². The molecule has 0 saturated carbocycles. The number of aryl methyl sites for hydroxylation is 1. The minimum absolute atomic E-state index is 0.316. The largest absolute Gasteiger partial charge is 0.385 e.